The number of likely N-dealkylation sites (tertiary alicyclic amines) is 1. The molecule has 0 bridgehead atoms. The molecule has 0 spiro atoms. The SMILES string of the molecule is CN=C(NCc1ccccc1OC(F)(F)F)N1CCC(N2CCOCC2)C1.I. The summed E-state index contributed by atoms with van der Waals surface area (Å²) in [7, 11) is 1.68. The highest BCUT2D eigenvalue weighted by Gasteiger charge is 2.32. The van der Waals surface area contributed by atoms with Crippen LogP contribution in [-0.4, -0.2) is 74.6 Å². The number of ether oxygens (including phenoxy) is 2. The van der Waals surface area contributed by atoms with Gasteiger partial charge in [0.2, 0.25) is 0 Å². The van der Waals surface area contributed by atoms with Crippen LogP contribution in [0.25, 0.3) is 0 Å². The number of rotatable bonds is 4. The van der Waals surface area contributed by atoms with Crippen LogP contribution in [0.15, 0.2) is 29.3 Å². The Bertz CT molecular complexity index is 654. The van der Waals surface area contributed by atoms with Gasteiger partial charge in [0, 0.05) is 51.4 Å². The van der Waals surface area contributed by atoms with Gasteiger partial charge in [0.05, 0.1) is 13.2 Å². The van der Waals surface area contributed by atoms with Crippen molar-refractivity contribution in [1.29, 1.82) is 0 Å². The maximum absolute atomic E-state index is 12.6. The third kappa shape index (κ3) is 6.38. The number of halogens is 4. The van der Waals surface area contributed by atoms with Gasteiger partial charge in [0.25, 0.3) is 0 Å². The van der Waals surface area contributed by atoms with Crippen molar-refractivity contribution in [1.82, 2.24) is 15.1 Å². The third-order valence-corrected chi connectivity index (χ3v) is 4.87. The molecule has 28 heavy (non-hydrogen) atoms. The largest absolute Gasteiger partial charge is 0.573 e. The molecule has 1 aromatic rings. The van der Waals surface area contributed by atoms with Gasteiger partial charge in [-0.1, -0.05) is 18.2 Å². The van der Waals surface area contributed by atoms with E-state index in [1.807, 2.05) is 0 Å². The first-order chi connectivity index (χ1) is 13.0. The molecule has 1 unspecified atom stereocenters. The zero-order valence-corrected chi connectivity index (χ0v) is 18.1. The maximum atomic E-state index is 12.6. The molecule has 2 fully saturated rings. The van der Waals surface area contributed by atoms with Gasteiger partial charge in [-0.05, 0) is 12.5 Å². The Balaban J connectivity index is 0.00000280. The highest BCUT2D eigenvalue weighted by atomic mass is 127. The lowest BCUT2D eigenvalue weighted by atomic mass is 10.2. The van der Waals surface area contributed by atoms with Crippen molar-refractivity contribution in [3.05, 3.63) is 29.8 Å². The molecule has 2 aliphatic heterocycles. The van der Waals surface area contributed by atoms with E-state index in [-0.39, 0.29) is 36.3 Å². The predicted molar refractivity (Wildman–Crippen MR) is 111 cm³/mol. The lowest BCUT2D eigenvalue weighted by Gasteiger charge is -2.32. The number of guanidine groups is 1. The monoisotopic (exact) mass is 514 g/mol. The molecule has 1 atom stereocenters. The normalized spacial score (nSPS) is 21.4. The second kappa shape index (κ2) is 10.5. The number of alkyl halides is 3. The van der Waals surface area contributed by atoms with Gasteiger partial charge < -0.3 is 19.7 Å². The zero-order chi connectivity index (χ0) is 19.3. The van der Waals surface area contributed by atoms with Gasteiger partial charge in [0.1, 0.15) is 5.75 Å². The molecule has 2 aliphatic rings. The van der Waals surface area contributed by atoms with Crippen molar-refractivity contribution in [3.63, 3.8) is 0 Å². The Hall–Kier alpha value is -1.27. The first-order valence-electron chi connectivity index (χ1n) is 9.07. The molecular formula is C18H26F3IN4O2. The summed E-state index contributed by atoms with van der Waals surface area (Å²) >= 11 is 0. The molecular weight excluding hydrogens is 488 g/mol. The van der Waals surface area contributed by atoms with Gasteiger partial charge in [0.15, 0.2) is 5.96 Å². The van der Waals surface area contributed by atoms with E-state index in [1.165, 1.54) is 12.1 Å². The first-order valence-corrected chi connectivity index (χ1v) is 9.07. The van der Waals surface area contributed by atoms with Crippen LogP contribution >= 0.6 is 24.0 Å². The minimum atomic E-state index is -4.71. The number of benzene rings is 1. The average molecular weight is 514 g/mol. The molecule has 3 rings (SSSR count). The number of hydrogen-bond donors (Lipinski definition) is 1. The number of nitrogens with one attached hydrogen (secondary N) is 1. The summed E-state index contributed by atoms with van der Waals surface area (Å²) in [4.78, 5) is 8.87. The fourth-order valence-electron chi connectivity index (χ4n) is 3.56. The molecule has 0 radical (unpaired) electrons. The van der Waals surface area contributed by atoms with Gasteiger partial charge in [-0.25, -0.2) is 0 Å². The van der Waals surface area contributed by atoms with Crippen LogP contribution in [0.5, 0.6) is 5.75 Å². The van der Waals surface area contributed by atoms with Crippen molar-refractivity contribution in [2.24, 2.45) is 4.99 Å². The van der Waals surface area contributed by atoms with E-state index in [0.29, 0.717) is 17.6 Å². The Morgan fingerprint density at radius 3 is 2.64 bits per heavy atom. The first kappa shape index (κ1) is 23.0. The average Bonchev–Trinajstić information content (AvgIpc) is 3.13. The van der Waals surface area contributed by atoms with Crippen LogP contribution in [0.3, 0.4) is 0 Å². The Morgan fingerprint density at radius 1 is 1.25 bits per heavy atom. The van der Waals surface area contributed by atoms with Gasteiger partial charge in [-0.15, -0.1) is 37.1 Å². The van der Waals surface area contributed by atoms with Crippen LogP contribution in [-0.2, 0) is 11.3 Å². The highest BCUT2D eigenvalue weighted by Crippen LogP contribution is 2.26. The zero-order valence-electron chi connectivity index (χ0n) is 15.7. The summed E-state index contributed by atoms with van der Waals surface area (Å²) in [6, 6.07) is 6.59. The molecule has 10 heteroatoms. The fraction of sp³-hybridized carbons (Fsp3) is 0.611. The Kier molecular flexibility index (Phi) is 8.62. The minimum Gasteiger partial charge on any atom is -0.405 e. The van der Waals surface area contributed by atoms with E-state index >= 15 is 0 Å². The van der Waals surface area contributed by atoms with E-state index in [9.17, 15) is 13.2 Å². The molecule has 0 aliphatic carbocycles. The van der Waals surface area contributed by atoms with Crippen LogP contribution < -0.4 is 10.1 Å². The molecule has 0 amide bonds. The van der Waals surface area contributed by atoms with Crippen LogP contribution in [0.1, 0.15) is 12.0 Å². The summed E-state index contributed by atoms with van der Waals surface area (Å²) in [5.41, 5.74) is 0.430. The van der Waals surface area contributed by atoms with Crippen molar-refractivity contribution < 1.29 is 22.6 Å². The molecule has 0 saturated carbocycles. The molecule has 158 valence electrons. The second-order valence-corrected chi connectivity index (χ2v) is 6.59. The van der Waals surface area contributed by atoms with Crippen molar-refractivity contribution in [3.8, 4) is 5.75 Å². The Morgan fingerprint density at radius 2 is 1.96 bits per heavy atom. The summed E-state index contributed by atoms with van der Waals surface area (Å²) in [6.45, 7) is 5.32. The van der Waals surface area contributed by atoms with E-state index in [2.05, 4.69) is 24.8 Å². The summed E-state index contributed by atoms with van der Waals surface area (Å²) in [5, 5.41) is 3.16. The number of para-hydroxylation sites is 1. The summed E-state index contributed by atoms with van der Waals surface area (Å²) < 4.78 is 47.2. The molecule has 1 N–H and O–H groups in total. The van der Waals surface area contributed by atoms with E-state index in [1.54, 1.807) is 19.2 Å². The third-order valence-electron chi connectivity index (χ3n) is 4.87. The lowest BCUT2D eigenvalue weighted by molar-refractivity contribution is -0.274. The van der Waals surface area contributed by atoms with Gasteiger partial charge in [-0.2, -0.15) is 0 Å². The summed E-state index contributed by atoms with van der Waals surface area (Å²) in [6.07, 6.45) is -3.67. The molecule has 2 saturated heterocycles. The fourth-order valence-corrected chi connectivity index (χ4v) is 3.56. The van der Waals surface area contributed by atoms with E-state index in [0.717, 1.165) is 45.8 Å². The number of morpholine rings is 1. The molecule has 0 aromatic heterocycles. The van der Waals surface area contributed by atoms with Crippen LogP contribution in [0.2, 0.25) is 0 Å². The van der Waals surface area contributed by atoms with Crippen molar-refractivity contribution in [2.45, 2.75) is 25.4 Å². The van der Waals surface area contributed by atoms with Crippen molar-refractivity contribution >= 4 is 29.9 Å². The predicted octanol–water partition coefficient (Wildman–Crippen LogP) is 2.69. The second-order valence-electron chi connectivity index (χ2n) is 6.59. The van der Waals surface area contributed by atoms with Crippen LogP contribution in [0.4, 0.5) is 13.2 Å². The number of hydrogen-bond acceptors (Lipinski definition) is 4. The lowest BCUT2D eigenvalue weighted by Crippen LogP contribution is -2.46. The number of nitrogens with zero attached hydrogens (tertiary/aromatic N) is 3. The topological polar surface area (TPSA) is 49.3 Å². The highest BCUT2D eigenvalue weighted by molar-refractivity contribution is 14.0. The number of aliphatic imine (C=N–C) groups is 1. The van der Waals surface area contributed by atoms with E-state index in [4.69, 9.17) is 4.74 Å². The molecule has 2 heterocycles. The molecule has 1 aromatic carbocycles. The van der Waals surface area contributed by atoms with Crippen LogP contribution in [0, 0.1) is 0 Å². The smallest absolute Gasteiger partial charge is 0.405 e. The summed E-state index contributed by atoms with van der Waals surface area (Å²) in [5.74, 6) is 0.494. The van der Waals surface area contributed by atoms with Crippen molar-refractivity contribution in [2.75, 3.05) is 46.4 Å². The van der Waals surface area contributed by atoms with Gasteiger partial charge in [-0.3, -0.25) is 9.89 Å². The van der Waals surface area contributed by atoms with E-state index < -0.39 is 6.36 Å². The molecule has 6 nitrogen and oxygen atoms in total. The minimum absolute atomic E-state index is 0. The Labute approximate surface area is 180 Å². The maximum Gasteiger partial charge on any atom is 0.573 e. The standard InChI is InChI=1S/C18H25F3N4O2.HI/c1-22-17(25-7-6-15(13-25)24-8-10-26-11-9-24)23-12-14-4-2-3-5-16(14)27-18(19,20)21;/h2-5,15H,6-13H2,1H3,(H,22,23);1H. The van der Waals surface area contributed by atoms with Gasteiger partial charge >= 0.3 is 6.36 Å². The quantitative estimate of drug-likeness (QED) is 0.381.